The van der Waals surface area contributed by atoms with E-state index < -0.39 is 17.6 Å². The molecule has 0 aliphatic carbocycles. The Morgan fingerprint density at radius 2 is 2.04 bits per heavy atom. The van der Waals surface area contributed by atoms with Gasteiger partial charge in [-0.05, 0) is 18.6 Å². The van der Waals surface area contributed by atoms with Crippen molar-refractivity contribution in [1.29, 1.82) is 5.26 Å². The van der Waals surface area contributed by atoms with E-state index in [0.717, 1.165) is 0 Å². The summed E-state index contributed by atoms with van der Waals surface area (Å²) in [6, 6.07) is 8.50. The van der Waals surface area contributed by atoms with Gasteiger partial charge in [0.2, 0.25) is 11.8 Å². The maximum atomic E-state index is 12.9. The van der Waals surface area contributed by atoms with Gasteiger partial charge in [0, 0.05) is 6.20 Å². The number of para-hydroxylation sites is 1. The molecule has 2 aromatic rings. The minimum atomic E-state index is -4.60. The van der Waals surface area contributed by atoms with Crippen LogP contribution in [0.15, 0.2) is 30.5 Å². The molecule has 0 spiro atoms. The maximum Gasteiger partial charge on any atom is 0.423 e. The van der Waals surface area contributed by atoms with E-state index in [4.69, 9.17) is 10.00 Å². The monoisotopic (exact) mass is 322 g/mol. The van der Waals surface area contributed by atoms with E-state index >= 15 is 0 Å². The zero-order chi connectivity index (χ0) is 16.9. The number of halogens is 3. The molecule has 1 aromatic heterocycles. The normalized spacial score (nSPS) is 10.9. The highest BCUT2D eigenvalue weighted by Gasteiger charge is 2.36. The van der Waals surface area contributed by atoms with Crippen molar-refractivity contribution in [3.05, 3.63) is 41.6 Å². The lowest BCUT2D eigenvalue weighted by Gasteiger charge is -2.14. The molecule has 0 saturated heterocycles. The largest absolute Gasteiger partial charge is 0.477 e. The minimum Gasteiger partial charge on any atom is -0.477 e. The van der Waals surface area contributed by atoms with Gasteiger partial charge < -0.3 is 10.1 Å². The Balaban J connectivity index is 2.35. The van der Waals surface area contributed by atoms with E-state index in [0.29, 0.717) is 23.9 Å². The molecule has 0 aliphatic heterocycles. The van der Waals surface area contributed by atoms with Crippen LogP contribution in [0.2, 0.25) is 0 Å². The van der Waals surface area contributed by atoms with E-state index in [2.05, 4.69) is 15.3 Å². The standard InChI is InChI=1S/C15H13F3N4O/c1-2-7-23-13-11(15(16,17)18)9-20-14(22-13)21-12-6-4-3-5-10(12)8-19/h3-6,9H,2,7H2,1H3,(H,20,21,22). The Bertz CT molecular complexity index is 725. The summed E-state index contributed by atoms with van der Waals surface area (Å²) >= 11 is 0. The molecule has 5 nitrogen and oxygen atoms in total. The molecular formula is C15H13F3N4O. The van der Waals surface area contributed by atoms with Crippen LogP contribution in [0.25, 0.3) is 0 Å². The van der Waals surface area contributed by atoms with Crippen LogP contribution >= 0.6 is 0 Å². The SMILES string of the molecule is CCCOc1nc(Nc2ccccc2C#N)ncc1C(F)(F)F. The minimum absolute atomic E-state index is 0.0770. The van der Waals surface area contributed by atoms with Gasteiger partial charge in [-0.1, -0.05) is 19.1 Å². The summed E-state index contributed by atoms with van der Waals surface area (Å²) < 4.78 is 43.9. The average Bonchev–Trinajstić information content (AvgIpc) is 2.52. The highest BCUT2D eigenvalue weighted by atomic mass is 19.4. The molecule has 120 valence electrons. The molecule has 1 aromatic carbocycles. The van der Waals surface area contributed by atoms with Crippen LogP contribution in [-0.4, -0.2) is 16.6 Å². The number of nitrogens with zero attached hydrogens (tertiary/aromatic N) is 3. The van der Waals surface area contributed by atoms with E-state index in [-0.39, 0.29) is 12.6 Å². The first kappa shape index (κ1) is 16.5. The Labute approximate surface area is 130 Å². The van der Waals surface area contributed by atoms with Gasteiger partial charge in [0.1, 0.15) is 11.6 Å². The Morgan fingerprint density at radius 1 is 1.30 bits per heavy atom. The van der Waals surface area contributed by atoms with Crippen LogP contribution in [0.5, 0.6) is 5.88 Å². The third kappa shape index (κ3) is 4.10. The number of hydrogen-bond acceptors (Lipinski definition) is 5. The second-order valence-corrected chi connectivity index (χ2v) is 4.54. The molecule has 0 aliphatic rings. The molecule has 0 saturated carbocycles. The predicted octanol–water partition coefficient (Wildman–Crippen LogP) is 3.90. The van der Waals surface area contributed by atoms with E-state index in [1.165, 1.54) is 0 Å². The summed E-state index contributed by atoms with van der Waals surface area (Å²) in [7, 11) is 0. The van der Waals surface area contributed by atoms with Crippen molar-refractivity contribution in [3.8, 4) is 11.9 Å². The Morgan fingerprint density at radius 3 is 2.70 bits per heavy atom. The van der Waals surface area contributed by atoms with Gasteiger partial charge in [-0.3, -0.25) is 0 Å². The third-order valence-electron chi connectivity index (χ3n) is 2.80. The van der Waals surface area contributed by atoms with E-state index in [1.807, 2.05) is 6.07 Å². The van der Waals surface area contributed by atoms with Crippen LogP contribution in [0.1, 0.15) is 24.5 Å². The lowest BCUT2D eigenvalue weighted by atomic mass is 10.2. The summed E-state index contributed by atoms with van der Waals surface area (Å²) in [5, 5.41) is 11.7. The summed E-state index contributed by atoms with van der Waals surface area (Å²) in [6.07, 6.45) is -3.40. The lowest BCUT2D eigenvalue weighted by molar-refractivity contribution is -0.139. The number of ether oxygens (including phenoxy) is 1. The zero-order valence-electron chi connectivity index (χ0n) is 12.2. The highest BCUT2D eigenvalue weighted by molar-refractivity contribution is 5.63. The smallest absolute Gasteiger partial charge is 0.423 e. The molecule has 1 heterocycles. The average molecular weight is 322 g/mol. The first-order valence-corrected chi connectivity index (χ1v) is 6.79. The quantitative estimate of drug-likeness (QED) is 0.904. The molecule has 0 bridgehead atoms. The summed E-state index contributed by atoms with van der Waals surface area (Å²) in [5.74, 6) is -0.613. The molecule has 0 amide bonds. The number of aromatic nitrogens is 2. The number of nitriles is 1. The Hall–Kier alpha value is -2.82. The van der Waals surface area contributed by atoms with Gasteiger partial charge in [0.25, 0.3) is 0 Å². The van der Waals surface area contributed by atoms with Crippen LogP contribution in [-0.2, 0) is 6.18 Å². The number of rotatable bonds is 5. The highest BCUT2D eigenvalue weighted by Crippen LogP contribution is 2.35. The third-order valence-corrected chi connectivity index (χ3v) is 2.80. The second kappa shape index (κ2) is 6.96. The van der Waals surface area contributed by atoms with Crippen LogP contribution in [0, 0.1) is 11.3 Å². The van der Waals surface area contributed by atoms with Crippen LogP contribution in [0.4, 0.5) is 24.8 Å². The molecule has 23 heavy (non-hydrogen) atoms. The van der Waals surface area contributed by atoms with E-state index in [9.17, 15) is 13.2 Å². The molecule has 1 N–H and O–H groups in total. The van der Waals surface area contributed by atoms with Crippen molar-refractivity contribution in [2.75, 3.05) is 11.9 Å². The molecular weight excluding hydrogens is 309 g/mol. The van der Waals surface area contributed by atoms with Gasteiger partial charge in [-0.15, -0.1) is 0 Å². The number of benzene rings is 1. The summed E-state index contributed by atoms with van der Waals surface area (Å²) in [5.41, 5.74) is -0.312. The summed E-state index contributed by atoms with van der Waals surface area (Å²) in [6.45, 7) is 1.88. The molecule has 0 fully saturated rings. The van der Waals surface area contributed by atoms with Gasteiger partial charge in [0.05, 0.1) is 17.9 Å². The number of alkyl halides is 3. The molecule has 0 atom stereocenters. The predicted molar refractivity (Wildman–Crippen MR) is 77.3 cm³/mol. The zero-order valence-corrected chi connectivity index (χ0v) is 12.2. The van der Waals surface area contributed by atoms with Crippen molar-refractivity contribution in [1.82, 2.24) is 9.97 Å². The van der Waals surface area contributed by atoms with Gasteiger partial charge >= 0.3 is 6.18 Å². The fraction of sp³-hybridized carbons (Fsp3) is 0.267. The van der Waals surface area contributed by atoms with Crippen molar-refractivity contribution < 1.29 is 17.9 Å². The first-order chi connectivity index (χ1) is 11.0. The second-order valence-electron chi connectivity index (χ2n) is 4.54. The number of anilines is 2. The molecule has 2 rings (SSSR count). The Kier molecular flexibility index (Phi) is 5.01. The van der Waals surface area contributed by atoms with Crippen molar-refractivity contribution in [2.45, 2.75) is 19.5 Å². The fourth-order valence-electron chi connectivity index (χ4n) is 1.74. The van der Waals surface area contributed by atoms with E-state index in [1.54, 1.807) is 31.2 Å². The lowest BCUT2D eigenvalue weighted by Crippen LogP contribution is -2.12. The maximum absolute atomic E-state index is 12.9. The van der Waals surface area contributed by atoms with Crippen molar-refractivity contribution in [2.24, 2.45) is 0 Å². The van der Waals surface area contributed by atoms with Crippen LogP contribution in [0.3, 0.4) is 0 Å². The fourth-order valence-corrected chi connectivity index (χ4v) is 1.74. The molecule has 0 unspecified atom stereocenters. The topological polar surface area (TPSA) is 70.8 Å². The van der Waals surface area contributed by atoms with Gasteiger partial charge in [-0.25, -0.2) is 4.98 Å². The number of nitrogens with one attached hydrogen (secondary N) is 1. The van der Waals surface area contributed by atoms with Crippen molar-refractivity contribution in [3.63, 3.8) is 0 Å². The van der Waals surface area contributed by atoms with Gasteiger partial charge in [-0.2, -0.15) is 23.4 Å². The number of hydrogen-bond donors (Lipinski definition) is 1. The molecule has 8 heteroatoms. The van der Waals surface area contributed by atoms with Gasteiger partial charge in [0.15, 0.2) is 0 Å². The van der Waals surface area contributed by atoms with Crippen LogP contribution < -0.4 is 10.1 Å². The summed E-state index contributed by atoms with van der Waals surface area (Å²) in [4.78, 5) is 7.43. The molecule has 0 radical (unpaired) electrons. The van der Waals surface area contributed by atoms with Crippen molar-refractivity contribution >= 4 is 11.6 Å². The first-order valence-electron chi connectivity index (χ1n) is 6.79.